The van der Waals surface area contributed by atoms with Gasteiger partial charge in [-0.3, -0.25) is 0 Å². The lowest BCUT2D eigenvalue weighted by molar-refractivity contribution is 0.0472. The summed E-state index contributed by atoms with van der Waals surface area (Å²) in [5, 5.41) is 3.16. The highest BCUT2D eigenvalue weighted by Gasteiger charge is 2.29. The fraction of sp³-hybridized carbons (Fsp3) is 0.136. The smallest absolute Gasteiger partial charge is 0.338 e. The summed E-state index contributed by atoms with van der Waals surface area (Å²) in [5.41, 5.74) is 3.70. The predicted molar refractivity (Wildman–Crippen MR) is 110 cm³/mol. The molecule has 0 radical (unpaired) electrons. The molecule has 148 valence electrons. The van der Waals surface area contributed by atoms with Crippen molar-refractivity contribution in [3.8, 4) is 0 Å². The van der Waals surface area contributed by atoms with E-state index in [1.807, 2.05) is 31.2 Å². The van der Waals surface area contributed by atoms with Crippen molar-refractivity contribution in [2.24, 2.45) is 0 Å². The maximum absolute atomic E-state index is 12.4. The van der Waals surface area contributed by atoms with Crippen LogP contribution in [0.3, 0.4) is 0 Å². The number of fused-ring (bicyclic) bond motifs is 1. The van der Waals surface area contributed by atoms with E-state index in [0.717, 1.165) is 11.1 Å². The first kappa shape index (κ1) is 19.2. The summed E-state index contributed by atoms with van der Waals surface area (Å²) in [7, 11) is -3.61. The van der Waals surface area contributed by atoms with Gasteiger partial charge >= 0.3 is 5.97 Å². The molecule has 0 aliphatic carbocycles. The van der Waals surface area contributed by atoms with Gasteiger partial charge in [0.25, 0.3) is 0 Å². The predicted octanol–water partition coefficient (Wildman–Crippen LogP) is 3.75. The summed E-state index contributed by atoms with van der Waals surface area (Å²) in [6, 6.07) is 21.2. The van der Waals surface area contributed by atoms with Gasteiger partial charge in [-0.15, -0.1) is 0 Å². The highest BCUT2D eigenvalue weighted by molar-refractivity contribution is 7.89. The molecule has 1 aliphatic heterocycles. The number of benzene rings is 3. The van der Waals surface area contributed by atoms with Crippen LogP contribution in [-0.2, 0) is 21.4 Å². The SMILES string of the molecule is Cc1ccc(COC(=O)c2ccc(C3Nc4ccccc4S(=O)(=O)N3)cc2)cc1. The Bertz CT molecular complexity index is 1140. The molecule has 0 fully saturated rings. The van der Waals surface area contributed by atoms with Crippen molar-refractivity contribution in [3.05, 3.63) is 95.1 Å². The molecule has 0 aromatic heterocycles. The molecule has 7 heteroatoms. The molecule has 3 aromatic rings. The average molecular weight is 408 g/mol. The molecular formula is C22H20N2O4S. The molecular weight excluding hydrogens is 388 g/mol. The minimum absolute atomic E-state index is 0.196. The van der Waals surface area contributed by atoms with Crippen molar-refractivity contribution in [1.29, 1.82) is 0 Å². The number of carbonyl (C=O) groups is 1. The number of esters is 1. The molecule has 1 heterocycles. The quantitative estimate of drug-likeness (QED) is 0.642. The largest absolute Gasteiger partial charge is 0.457 e. The van der Waals surface area contributed by atoms with Crippen LogP contribution in [0.25, 0.3) is 0 Å². The third-order valence-corrected chi connectivity index (χ3v) is 6.20. The number of aryl methyl sites for hydroxylation is 1. The molecule has 1 aliphatic rings. The summed E-state index contributed by atoms with van der Waals surface area (Å²) in [5.74, 6) is -0.431. The van der Waals surface area contributed by atoms with Gasteiger partial charge in [0, 0.05) is 0 Å². The normalized spacial score (nSPS) is 17.1. The Balaban J connectivity index is 1.45. The number of nitrogens with one attached hydrogen (secondary N) is 2. The van der Waals surface area contributed by atoms with Crippen LogP contribution in [-0.4, -0.2) is 14.4 Å². The molecule has 1 unspecified atom stereocenters. The highest BCUT2D eigenvalue weighted by Crippen LogP contribution is 2.30. The molecule has 0 saturated heterocycles. The Hall–Kier alpha value is -3.16. The molecule has 3 aromatic carbocycles. The second-order valence-corrected chi connectivity index (χ2v) is 8.56. The fourth-order valence-corrected chi connectivity index (χ4v) is 4.41. The van der Waals surface area contributed by atoms with E-state index >= 15 is 0 Å². The van der Waals surface area contributed by atoms with Gasteiger partial charge in [0.2, 0.25) is 10.0 Å². The molecule has 6 nitrogen and oxygen atoms in total. The van der Waals surface area contributed by atoms with Crippen molar-refractivity contribution >= 4 is 21.7 Å². The van der Waals surface area contributed by atoms with Crippen LogP contribution in [0.2, 0.25) is 0 Å². The van der Waals surface area contributed by atoms with Gasteiger partial charge in [0.15, 0.2) is 0 Å². The molecule has 0 amide bonds. The number of anilines is 1. The minimum atomic E-state index is -3.61. The van der Waals surface area contributed by atoms with Crippen molar-refractivity contribution in [2.45, 2.75) is 24.6 Å². The lowest BCUT2D eigenvalue weighted by Crippen LogP contribution is -2.38. The number of rotatable bonds is 4. The van der Waals surface area contributed by atoms with E-state index in [1.54, 1.807) is 48.5 Å². The minimum Gasteiger partial charge on any atom is -0.457 e. The van der Waals surface area contributed by atoms with Crippen molar-refractivity contribution < 1.29 is 17.9 Å². The summed E-state index contributed by atoms with van der Waals surface area (Å²) in [4.78, 5) is 12.5. The van der Waals surface area contributed by atoms with Crippen molar-refractivity contribution in [1.82, 2.24) is 4.72 Å². The first-order valence-electron chi connectivity index (χ1n) is 9.13. The van der Waals surface area contributed by atoms with Gasteiger partial charge in [-0.25, -0.2) is 13.2 Å². The molecule has 2 N–H and O–H groups in total. The summed E-state index contributed by atoms with van der Waals surface area (Å²) in [6.45, 7) is 2.19. The van der Waals surface area contributed by atoms with Gasteiger partial charge in [-0.05, 0) is 42.3 Å². The van der Waals surface area contributed by atoms with Gasteiger partial charge in [0.05, 0.1) is 11.3 Å². The molecule has 29 heavy (non-hydrogen) atoms. The Labute approximate surface area is 169 Å². The topological polar surface area (TPSA) is 84.5 Å². The third kappa shape index (κ3) is 4.16. The van der Waals surface area contributed by atoms with Crippen LogP contribution in [0.15, 0.2) is 77.7 Å². The fourth-order valence-electron chi connectivity index (χ4n) is 3.10. The van der Waals surface area contributed by atoms with Crippen LogP contribution >= 0.6 is 0 Å². The van der Waals surface area contributed by atoms with Crippen LogP contribution in [0.1, 0.15) is 33.2 Å². The Morgan fingerprint density at radius 1 is 0.966 bits per heavy atom. The molecule has 4 rings (SSSR count). The zero-order chi connectivity index (χ0) is 20.4. The summed E-state index contributed by atoms with van der Waals surface area (Å²) >= 11 is 0. The molecule has 0 spiro atoms. The monoisotopic (exact) mass is 408 g/mol. The van der Waals surface area contributed by atoms with E-state index in [-0.39, 0.29) is 11.5 Å². The number of sulfonamides is 1. The van der Waals surface area contributed by atoms with Crippen molar-refractivity contribution in [3.63, 3.8) is 0 Å². The Morgan fingerprint density at radius 2 is 1.66 bits per heavy atom. The number of ether oxygens (including phenoxy) is 1. The van der Waals surface area contributed by atoms with E-state index in [2.05, 4.69) is 10.0 Å². The second kappa shape index (κ2) is 7.69. The van der Waals surface area contributed by atoms with E-state index in [0.29, 0.717) is 16.8 Å². The van der Waals surface area contributed by atoms with Gasteiger partial charge < -0.3 is 10.1 Å². The van der Waals surface area contributed by atoms with Crippen molar-refractivity contribution in [2.75, 3.05) is 5.32 Å². The second-order valence-electron chi connectivity index (χ2n) is 6.88. The molecule has 0 saturated carbocycles. The molecule has 0 bridgehead atoms. The highest BCUT2D eigenvalue weighted by atomic mass is 32.2. The summed E-state index contributed by atoms with van der Waals surface area (Å²) < 4.78 is 32.9. The van der Waals surface area contributed by atoms with E-state index < -0.39 is 22.2 Å². The Kier molecular flexibility index (Phi) is 5.08. The number of hydrogen-bond donors (Lipinski definition) is 2. The third-order valence-electron chi connectivity index (χ3n) is 4.72. The van der Waals surface area contributed by atoms with E-state index in [1.165, 1.54) is 0 Å². The maximum Gasteiger partial charge on any atom is 0.338 e. The Morgan fingerprint density at radius 3 is 2.38 bits per heavy atom. The van der Waals surface area contributed by atoms with Gasteiger partial charge in [0.1, 0.15) is 17.7 Å². The number of hydrogen-bond acceptors (Lipinski definition) is 5. The summed E-state index contributed by atoms with van der Waals surface area (Å²) in [6.07, 6.45) is -0.618. The van der Waals surface area contributed by atoms with E-state index in [4.69, 9.17) is 4.74 Å². The van der Waals surface area contributed by atoms with Crippen LogP contribution in [0.4, 0.5) is 5.69 Å². The average Bonchev–Trinajstić information content (AvgIpc) is 2.73. The maximum atomic E-state index is 12.4. The van der Waals surface area contributed by atoms with Crippen LogP contribution in [0, 0.1) is 6.92 Å². The zero-order valence-electron chi connectivity index (χ0n) is 15.8. The number of carbonyl (C=O) groups excluding carboxylic acids is 1. The first-order chi connectivity index (χ1) is 13.9. The number of para-hydroxylation sites is 1. The van der Waals surface area contributed by atoms with Gasteiger partial charge in [-0.2, -0.15) is 4.72 Å². The first-order valence-corrected chi connectivity index (χ1v) is 10.6. The standard InChI is InChI=1S/C22H20N2O4S/c1-15-6-8-16(9-7-15)14-28-22(25)18-12-10-17(11-13-18)21-23-19-4-2-3-5-20(19)29(26,27)24-21/h2-13,21,23-24H,14H2,1H3. The molecule has 1 atom stereocenters. The van der Waals surface area contributed by atoms with Crippen LogP contribution < -0.4 is 10.0 Å². The lowest BCUT2D eigenvalue weighted by atomic mass is 10.1. The van der Waals surface area contributed by atoms with Gasteiger partial charge in [-0.1, -0.05) is 54.1 Å². The zero-order valence-corrected chi connectivity index (χ0v) is 16.6. The van der Waals surface area contributed by atoms with E-state index in [9.17, 15) is 13.2 Å². The van der Waals surface area contributed by atoms with Crippen LogP contribution in [0.5, 0.6) is 0 Å². The lowest BCUT2D eigenvalue weighted by Gasteiger charge is -2.28.